The van der Waals surface area contributed by atoms with Crippen LogP contribution in [0.1, 0.15) is 5.56 Å². The first kappa shape index (κ1) is 8.69. The molecule has 14 heavy (non-hydrogen) atoms. The van der Waals surface area contributed by atoms with Crippen LogP contribution in [-0.2, 0) is 6.54 Å². The van der Waals surface area contributed by atoms with Crippen molar-refractivity contribution in [3.63, 3.8) is 0 Å². The van der Waals surface area contributed by atoms with Gasteiger partial charge in [0.2, 0.25) is 0 Å². The summed E-state index contributed by atoms with van der Waals surface area (Å²) in [6, 6.07) is 7.88. The molecule has 0 radical (unpaired) electrons. The third-order valence-electron chi connectivity index (χ3n) is 1.93. The van der Waals surface area contributed by atoms with Gasteiger partial charge in [0.1, 0.15) is 0 Å². The summed E-state index contributed by atoms with van der Waals surface area (Å²) in [5.41, 5.74) is 2.30. The smallest absolute Gasteiger partial charge is 0.0401 e. The Kier molecular flexibility index (Phi) is 2.71. The molecule has 0 aliphatic heterocycles. The maximum Gasteiger partial charge on any atom is 0.0401 e. The lowest BCUT2D eigenvalue weighted by molar-refractivity contribution is 1.12. The van der Waals surface area contributed by atoms with E-state index in [-0.39, 0.29) is 0 Å². The highest BCUT2D eigenvalue weighted by atomic mass is 14.9. The van der Waals surface area contributed by atoms with Gasteiger partial charge in [0, 0.05) is 37.0 Å². The molecule has 0 aromatic carbocycles. The fourth-order valence-electron chi connectivity index (χ4n) is 1.17. The van der Waals surface area contributed by atoms with Crippen molar-refractivity contribution < 1.29 is 0 Å². The van der Waals surface area contributed by atoms with Crippen molar-refractivity contribution >= 4 is 5.69 Å². The Morgan fingerprint density at radius 1 is 0.857 bits per heavy atom. The maximum absolute atomic E-state index is 3.96. The fraction of sp³-hybridized carbons (Fsp3) is 0.0909. The third-order valence-corrected chi connectivity index (χ3v) is 1.93. The van der Waals surface area contributed by atoms with E-state index < -0.39 is 0 Å². The van der Waals surface area contributed by atoms with E-state index in [2.05, 4.69) is 15.3 Å². The first-order valence-corrected chi connectivity index (χ1v) is 4.48. The number of hydrogen-bond donors (Lipinski definition) is 1. The van der Waals surface area contributed by atoms with Gasteiger partial charge in [0.15, 0.2) is 0 Å². The molecule has 0 fully saturated rings. The van der Waals surface area contributed by atoms with Crippen molar-refractivity contribution in [3.8, 4) is 0 Å². The molecule has 0 unspecified atom stereocenters. The van der Waals surface area contributed by atoms with Crippen LogP contribution in [0.4, 0.5) is 5.69 Å². The van der Waals surface area contributed by atoms with E-state index in [9.17, 15) is 0 Å². The van der Waals surface area contributed by atoms with E-state index in [0.29, 0.717) is 0 Å². The number of nitrogens with zero attached hydrogens (tertiary/aromatic N) is 2. The molecule has 3 heteroatoms. The maximum atomic E-state index is 3.96. The number of rotatable bonds is 3. The second kappa shape index (κ2) is 4.37. The second-order valence-electron chi connectivity index (χ2n) is 2.94. The average Bonchev–Trinajstić information content (AvgIpc) is 2.29. The molecule has 2 aromatic rings. The topological polar surface area (TPSA) is 37.8 Å². The van der Waals surface area contributed by atoms with E-state index >= 15 is 0 Å². The monoisotopic (exact) mass is 185 g/mol. The predicted molar refractivity (Wildman–Crippen MR) is 55.8 cm³/mol. The van der Waals surface area contributed by atoms with Crippen LogP contribution >= 0.6 is 0 Å². The molecular formula is C11H11N3. The van der Waals surface area contributed by atoms with Gasteiger partial charge in [-0.3, -0.25) is 9.97 Å². The van der Waals surface area contributed by atoms with Gasteiger partial charge in [-0.05, 0) is 29.8 Å². The number of pyridine rings is 2. The SMILES string of the molecule is c1cc(CNc2ccncc2)ccn1. The summed E-state index contributed by atoms with van der Waals surface area (Å²) in [7, 11) is 0. The van der Waals surface area contributed by atoms with Gasteiger partial charge in [-0.2, -0.15) is 0 Å². The molecule has 0 aliphatic carbocycles. The Balaban J connectivity index is 1.96. The molecule has 2 rings (SSSR count). The van der Waals surface area contributed by atoms with Gasteiger partial charge in [-0.15, -0.1) is 0 Å². The van der Waals surface area contributed by atoms with E-state index in [1.807, 2.05) is 24.3 Å². The molecule has 0 aliphatic rings. The van der Waals surface area contributed by atoms with Crippen LogP contribution in [0.2, 0.25) is 0 Å². The van der Waals surface area contributed by atoms with E-state index in [0.717, 1.165) is 12.2 Å². The lowest BCUT2D eigenvalue weighted by Crippen LogP contribution is -1.98. The van der Waals surface area contributed by atoms with Crippen molar-refractivity contribution in [1.29, 1.82) is 0 Å². The Hall–Kier alpha value is -1.90. The van der Waals surface area contributed by atoms with E-state index in [4.69, 9.17) is 0 Å². The Morgan fingerprint density at radius 3 is 2.07 bits per heavy atom. The normalized spacial score (nSPS) is 9.71. The largest absolute Gasteiger partial charge is 0.381 e. The molecular weight excluding hydrogens is 174 g/mol. The quantitative estimate of drug-likeness (QED) is 0.795. The number of aromatic nitrogens is 2. The fourth-order valence-corrected chi connectivity index (χ4v) is 1.17. The van der Waals surface area contributed by atoms with Crippen LogP contribution in [0.15, 0.2) is 49.1 Å². The highest BCUT2D eigenvalue weighted by molar-refractivity contribution is 5.41. The summed E-state index contributed by atoms with van der Waals surface area (Å²) in [6.45, 7) is 0.812. The lowest BCUT2D eigenvalue weighted by Gasteiger charge is -2.04. The summed E-state index contributed by atoms with van der Waals surface area (Å²) in [5, 5.41) is 3.29. The minimum absolute atomic E-state index is 0.812. The third kappa shape index (κ3) is 2.29. The van der Waals surface area contributed by atoms with Gasteiger partial charge < -0.3 is 5.32 Å². The van der Waals surface area contributed by atoms with Crippen LogP contribution < -0.4 is 5.32 Å². The van der Waals surface area contributed by atoms with Crippen LogP contribution in [0.25, 0.3) is 0 Å². The molecule has 0 amide bonds. The highest BCUT2D eigenvalue weighted by Gasteiger charge is 1.91. The predicted octanol–water partition coefficient (Wildman–Crippen LogP) is 2.09. The molecule has 0 bridgehead atoms. The van der Waals surface area contributed by atoms with Gasteiger partial charge in [-0.1, -0.05) is 0 Å². The summed E-state index contributed by atoms with van der Waals surface area (Å²) in [6.07, 6.45) is 7.14. The van der Waals surface area contributed by atoms with Gasteiger partial charge in [0.25, 0.3) is 0 Å². The zero-order valence-electron chi connectivity index (χ0n) is 7.72. The van der Waals surface area contributed by atoms with Crippen LogP contribution in [0.5, 0.6) is 0 Å². The summed E-state index contributed by atoms with van der Waals surface area (Å²) in [4.78, 5) is 7.91. The summed E-state index contributed by atoms with van der Waals surface area (Å²) < 4.78 is 0. The minimum atomic E-state index is 0.812. The summed E-state index contributed by atoms with van der Waals surface area (Å²) >= 11 is 0. The standard InChI is InChI=1S/C11H11N3/c1-5-12-6-2-10(1)9-14-11-3-7-13-8-4-11/h1-8H,9H2,(H,13,14). The first-order chi connectivity index (χ1) is 6.95. The van der Waals surface area contributed by atoms with Gasteiger partial charge in [0.05, 0.1) is 0 Å². The Labute approximate surface area is 82.8 Å². The van der Waals surface area contributed by atoms with Crippen molar-refractivity contribution in [3.05, 3.63) is 54.6 Å². The van der Waals surface area contributed by atoms with Crippen molar-refractivity contribution in [2.45, 2.75) is 6.54 Å². The van der Waals surface area contributed by atoms with E-state index in [1.165, 1.54) is 5.56 Å². The zero-order valence-corrected chi connectivity index (χ0v) is 7.72. The van der Waals surface area contributed by atoms with Crippen molar-refractivity contribution in [2.75, 3.05) is 5.32 Å². The molecule has 0 saturated heterocycles. The van der Waals surface area contributed by atoms with Crippen LogP contribution in [0.3, 0.4) is 0 Å². The number of nitrogens with one attached hydrogen (secondary N) is 1. The van der Waals surface area contributed by atoms with Crippen molar-refractivity contribution in [2.24, 2.45) is 0 Å². The Bertz CT molecular complexity index is 333. The molecule has 0 saturated carbocycles. The molecule has 0 spiro atoms. The Morgan fingerprint density at radius 2 is 1.43 bits per heavy atom. The molecule has 3 nitrogen and oxygen atoms in total. The molecule has 70 valence electrons. The first-order valence-electron chi connectivity index (χ1n) is 4.48. The lowest BCUT2D eigenvalue weighted by atomic mass is 10.2. The average molecular weight is 185 g/mol. The van der Waals surface area contributed by atoms with Gasteiger partial charge >= 0.3 is 0 Å². The van der Waals surface area contributed by atoms with Gasteiger partial charge in [-0.25, -0.2) is 0 Å². The highest BCUT2D eigenvalue weighted by Crippen LogP contribution is 2.05. The molecule has 0 atom stereocenters. The van der Waals surface area contributed by atoms with E-state index in [1.54, 1.807) is 24.8 Å². The number of anilines is 1. The number of hydrogen-bond acceptors (Lipinski definition) is 3. The van der Waals surface area contributed by atoms with Crippen LogP contribution in [-0.4, -0.2) is 9.97 Å². The summed E-state index contributed by atoms with van der Waals surface area (Å²) in [5.74, 6) is 0. The second-order valence-corrected chi connectivity index (χ2v) is 2.94. The molecule has 2 heterocycles. The van der Waals surface area contributed by atoms with Crippen LogP contribution in [0, 0.1) is 0 Å². The zero-order chi connectivity index (χ0) is 9.64. The van der Waals surface area contributed by atoms with Crippen molar-refractivity contribution in [1.82, 2.24) is 9.97 Å². The minimum Gasteiger partial charge on any atom is -0.381 e. The molecule has 1 N–H and O–H groups in total. The molecule has 2 aromatic heterocycles.